The minimum Gasteiger partial charge on any atom is -0.381 e. The summed E-state index contributed by atoms with van der Waals surface area (Å²) in [7, 11) is 0. The van der Waals surface area contributed by atoms with Crippen LogP contribution < -0.4 is 0 Å². The third-order valence-electron chi connectivity index (χ3n) is 8.98. The number of hydrogen-bond donors (Lipinski definition) is 0. The monoisotopic (exact) mass is 548 g/mol. The van der Waals surface area contributed by atoms with Gasteiger partial charge in [0.1, 0.15) is 0 Å². The summed E-state index contributed by atoms with van der Waals surface area (Å²) in [4.78, 5) is 18.8. The van der Waals surface area contributed by atoms with Crippen LogP contribution in [0.3, 0.4) is 0 Å². The van der Waals surface area contributed by atoms with Gasteiger partial charge in [0.2, 0.25) is 5.91 Å². The molecule has 3 aliphatic rings. The van der Waals surface area contributed by atoms with Gasteiger partial charge in [-0.25, -0.2) is 8.78 Å². The van der Waals surface area contributed by atoms with E-state index < -0.39 is 6.43 Å². The van der Waals surface area contributed by atoms with Gasteiger partial charge in [0.15, 0.2) is 0 Å². The number of halogens is 2. The van der Waals surface area contributed by atoms with E-state index in [4.69, 9.17) is 9.84 Å². The van der Waals surface area contributed by atoms with Crippen molar-refractivity contribution in [2.24, 2.45) is 0 Å². The number of amides is 1. The van der Waals surface area contributed by atoms with Gasteiger partial charge >= 0.3 is 0 Å². The summed E-state index contributed by atoms with van der Waals surface area (Å²) < 4.78 is 37.0. The Morgan fingerprint density at radius 3 is 2.58 bits per heavy atom. The highest BCUT2D eigenvalue weighted by Gasteiger charge is 2.35. The van der Waals surface area contributed by atoms with E-state index in [1.165, 1.54) is 5.69 Å². The number of carbonyl (C=O) groups excluding carboxylic acids is 1. The number of benzene rings is 1. The molecule has 1 aliphatic carbocycles. The van der Waals surface area contributed by atoms with E-state index in [2.05, 4.69) is 23.5 Å². The molecular weight excluding hydrogens is 510 g/mol. The standard InChI is InChI=1S/C32H38F2N4O2/c1-19(2)29-8-7-22(17-35-29)25-15-21-5-4-6-24(26(21)16-27(25)32(33)34)31-28-18-37(20(3)39)12-9-30(28)38(36-31)23-10-13-40-14-11-23/h7-8,15-17,19,23-24,32H,4-6,9-14,18H2,1-3H3. The quantitative estimate of drug-likeness (QED) is 0.355. The minimum absolute atomic E-state index is 0.0489. The lowest BCUT2D eigenvalue weighted by Crippen LogP contribution is -2.35. The summed E-state index contributed by atoms with van der Waals surface area (Å²) in [5.74, 6) is 0.262. The SMILES string of the molecule is CC(=O)N1CCc2c(c(C3CCCc4cc(-c5ccc(C(C)C)nc5)c(C(F)F)cc43)nn2C2CCOCC2)C1. The lowest BCUT2D eigenvalue weighted by Gasteiger charge is -2.30. The van der Waals surface area contributed by atoms with Gasteiger partial charge in [-0.1, -0.05) is 26.0 Å². The third kappa shape index (κ3) is 4.95. The molecule has 8 heteroatoms. The molecule has 1 atom stereocenters. The Labute approximate surface area is 234 Å². The maximum atomic E-state index is 14.6. The van der Waals surface area contributed by atoms with Crippen molar-refractivity contribution >= 4 is 5.91 Å². The fourth-order valence-corrected chi connectivity index (χ4v) is 6.74. The molecule has 0 radical (unpaired) electrons. The fraction of sp³-hybridized carbons (Fsp3) is 0.531. The maximum Gasteiger partial charge on any atom is 0.264 e. The zero-order valence-corrected chi connectivity index (χ0v) is 23.6. The Kier molecular flexibility index (Phi) is 7.46. The smallest absolute Gasteiger partial charge is 0.264 e. The normalized spacial score (nSPS) is 19.7. The molecule has 3 aromatic rings. The summed E-state index contributed by atoms with van der Waals surface area (Å²) in [6.45, 7) is 8.40. The topological polar surface area (TPSA) is 60.2 Å². The highest BCUT2D eigenvalue weighted by Crippen LogP contribution is 2.44. The molecule has 0 bridgehead atoms. The maximum absolute atomic E-state index is 14.6. The summed E-state index contributed by atoms with van der Waals surface area (Å²) in [5, 5.41) is 5.24. The third-order valence-corrected chi connectivity index (χ3v) is 8.98. The first kappa shape index (κ1) is 27.1. The molecule has 6 rings (SSSR count). The van der Waals surface area contributed by atoms with E-state index in [1.807, 2.05) is 23.1 Å². The first-order valence-electron chi connectivity index (χ1n) is 14.7. The van der Waals surface area contributed by atoms with Crippen molar-refractivity contribution in [3.63, 3.8) is 0 Å². The number of fused-ring (bicyclic) bond motifs is 2. The number of ether oxygens (including phenoxy) is 1. The fourth-order valence-electron chi connectivity index (χ4n) is 6.74. The molecule has 6 nitrogen and oxygen atoms in total. The number of alkyl halides is 2. The number of rotatable bonds is 5. The number of carbonyl (C=O) groups is 1. The second-order valence-electron chi connectivity index (χ2n) is 11.8. The van der Waals surface area contributed by atoms with Crippen molar-refractivity contribution in [2.75, 3.05) is 19.8 Å². The molecule has 2 aliphatic heterocycles. The molecule has 0 spiro atoms. The average Bonchev–Trinajstić information content (AvgIpc) is 3.35. The molecule has 1 unspecified atom stereocenters. The van der Waals surface area contributed by atoms with Gasteiger partial charge in [0.25, 0.3) is 6.43 Å². The zero-order chi connectivity index (χ0) is 28.0. The van der Waals surface area contributed by atoms with Crippen molar-refractivity contribution in [1.82, 2.24) is 19.7 Å². The number of aryl methyl sites for hydroxylation is 1. The Morgan fingerprint density at radius 2 is 1.90 bits per heavy atom. The van der Waals surface area contributed by atoms with E-state index in [0.29, 0.717) is 31.9 Å². The number of pyridine rings is 1. The average molecular weight is 549 g/mol. The van der Waals surface area contributed by atoms with Crippen LogP contribution in [-0.2, 0) is 28.9 Å². The van der Waals surface area contributed by atoms with Crippen LogP contribution >= 0.6 is 0 Å². The molecule has 2 aromatic heterocycles. The van der Waals surface area contributed by atoms with E-state index >= 15 is 0 Å². The molecule has 0 N–H and O–H groups in total. The van der Waals surface area contributed by atoms with E-state index in [-0.39, 0.29) is 29.3 Å². The highest BCUT2D eigenvalue weighted by atomic mass is 19.3. The molecule has 212 valence electrons. The van der Waals surface area contributed by atoms with Gasteiger partial charge < -0.3 is 9.64 Å². The van der Waals surface area contributed by atoms with Crippen molar-refractivity contribution in [3.8, 4) is 11.1 Å². The van der Waals surface area contributed by atoms with Crippen molar-refractivity contribution in [3.05, 3.63) is 69.8 Å². The van der Waals surface area contributed by atoms with Gasteiger partial charge in [-0.3, -0.25) is 14.5 Å². The van der Waals surface area contributed by atoms with Crippen LogP contribution in [0.4, 0.5) is 8.78 Å². The molecule has 40 heavy (non-hydrogen) atoms. The summed E-state index contributed by atoms with van der Waals surface area (Å²) >= 11 is 0. The summed E-state index contributed by atoms with van der Waals surface area (Å²) in [6, 6.07) is 7.83. The van der Waals surface area contributed by atoms with Crippen LogP contribution in [0.5, 0.6) is 0 Å². The molecule has 1 amide bonds. The second-order valence-corrected chi connectivity index (χ2v) is 11.8. The first-order valence-corrected chi connectivity index (χ1v) is 14.7. The second kappa shape index (κ2) is 11.0. The van der Waals surface area contributed by atoms with Crippen molar-refractivity contribution < 1.29 is 18.3 Å². The summed E-state index contributed by atoms with van der Waals surface area (Å²) in [5.41, 5.74) is 7.63. The molecule has 1 aromatic carbocycles. The lowest BCUT2D eigenvalue weighted by atomic mass is 9.77. The molecular formula is C32H38F2N4O2. The first-order chi connectivity index (χ1) is 19.3. The number of hydrogen-bond acceptors (Lipinski definition) is 4. The Morgan fingerprint density at radius 1 is 1.10 bits per heavy atom. The largest absolute Gasteiger partial charge is 0.381 e. The van der Waals surface area contributed by atoms with Crippen LogP contribution in [0, 0.1) is 0 Å². The number of aromatic nitrogens is 3. The van der Waals surface area contributed by atoms with Gasteiger partial charge in [-0.05, 0) is 66.8 Å². The Hall–Kier alpha value is -3.13. The predicted octanol–water partition coefficient (Wildman–Crippen LogP) is 6.73. The predicted molar refractivity (Wildman–Crippen MR) is 150 cm³/mol. The molecule has 4 heterocycles. The molecule has 1 saturated heterocycles. The Balaban J connectivity index is 1.44. The molecule has 0 saturated carbocycles. The highest BCUT2D eigenvalue weighted by molar-refractivity contribution is 5.74. The number of nitrogens with zero attached hydrogens (tertiary/aromatic N) is 4. The van der Waals surface area contributed by atoms with Crippen molar-refractivity contribution in [2.45, 2.75) is 90.1 Å². The van der Waals surface area contributed by atoms with Crippen LogP contribution in [0.2, 0.25) is 0 Å². The Bertz CT molecular complexity index is 1390. The minimum atomic E-state index is -2.60. The van der Waals surface area contributed by atoms with Crippen LogP contribution in [-0.4, -0.2) is 45.3 Å². The lowest BCUT2D eigenvalue weighted by molar-refractivity contribution is -0.129. The van der Waals surface area contributed by atoms with Crippen LogP contribution in [0.15, 0.2) is 30.5 Å². The zero-order valence-electron chi connectivity index (χ0n) is 23.6. The van der Waals surface area contributed by atoms with Gasteiger partial charge in [0.05, 0.1) is 11.7 Å². The van der Waals surface area contributed by atoms with Crippen LogP contribution in [0.1, 0.15) is 110 Å². The van der Waals surface area contributed by atoms with Gasteiger partial charge in [-0.15, -0.1) is 0 Å². The molecule has 1 fully saturated rings. The van der Waals surface area contributed by atoms with Crippen molar-refractivity contribution in [1.29, 1.82) is 0 Å². The van der Waals surface area contributed by atoms with E-state index in [9.17, 15) is 13.6 Å². The van der Waals surface area contributed by atoms with E-state index in [0.717, 1.165) is 72.2 Å². The summed E-state index contributed by atoms with van der Waals surface area (Å²) in [6.07, 6.45) is 4.38. The van der Waals surface area contributed by atoms with Crippen LogP contribution in [0.25, 0.3) is 11.1 Å². The van der Waals surface area contributed by atoms with E-state index in [1.54, 1.807) is 19.2 Å². The van der Waals surface area contributed by atoms with Gasteiger partial charge in [0, 0.05) is 79.8 Å². The van der Waals surface area contributed by atoms with Gasteiger partial charge in [-0.2, -0.15) is 5.10 Å².